The zero-order valence-corrected chi connectivity index (χ0v) is 24.6. The van der Waals surface area contributed by atoms with E-state index < -0.39 is 0 Å². The Bertz CT molecular complexity index is 2000. The van der Waals surface area contributed by atoms with E-state index in [4.69, 9.17) is 0 Å². The summed E-state index contributed by atoms with van der Waals surface area (Å²) in [6.07, 6.45) is 10.6. The second kappa shape index (κ2) is 10.0. The molecule has 0 N–H and O–H groups in total. The van der Waals surface area contributed by atoms with E-state index in [-0.39, 0.29) is 0 Å². The van der Waals surface area contributed by atoms with Gasteiger partial charge >= 0.3 is 0 Å². The number of benzene rings is 4. The Morgan fingerprint density at radius 3 is 1.93 bits per heavy atom. The second-order valence-electron chi connectivity index (χ2n) is 12.5. The summed E-state index contributed by atoms with van der Waals surface area (Å²) < 4.78 is 2.70. The van der Waals surface area contributed by atoms with Gasteiger partial charge < -0.3 is 4.48 Å². The molecule has 0 fully saturated rings. The Hall–Kier alpha value is -4.56. The number of nitrogens with zero attached hydrogens (tertiary/aromatic N) is 1. The Labute approximate surface area is 255 Å². The third-order valence-corrected chi connectivity index (χ3v) is 10.2. The normalized spacial score (nSPS) is 16.8. The van der Waals surface area contributed by atoms with Crippen molar-refractivity contribution in [3.05, 3.63) is 159 Å². The molecule has 0 unspecified atom stereocenters. The van der Waals surface area contributed by atoms with E-state index in [0.29, 0.717) is 0 Å². The Balaban J connectivity index is 1.38. The maximum absolute atomic E-state index is 2.70. The van der Waals surface area contributed by atoms with E-state index in [1.807, 2.05) is 0 Å². The number of hydrogen-bond donors (Lipinski definition) is 0. The minimum Gasteiger partial charge on any atom is -0.388 e. The molecule has 9 rings (SSSR count). The van der Waals surface area contributed by atoms with Crippen LogP contribution in [0, 0.1) is 0 Å². The van der Waals surface area contributed by atoms with E-state index >= 15 is 0 Å². The van der Waals surface area contributed by atoms with Crippen LogP contribution in [0.3, 0.4) is 0 Å². The van der Waals surface area contributed by atoms with Crippen LogP contribution in [0.4, 0.5) is 0 Å². The molecule has 3 aliphatic carbocycles. The minimum absolute atomic E-state index is 0.995. The lowest BCUT2D eigenvalue weighted by Gasteiger charge is -2.15. The lowest BCUT2D eigenvalue weighted by molar-refractivity contribution is 0.836. The van der Waals surface area contributed by atoms with E-state index in [0.717, 1.165) is 39.4 Å². The van der Waals surface area contributed by atoms with Gasteiger partial charge in [0.25, 0.3) is 0 Å². The van der Waals surface area contributed by atoms with Crippen molar-refractivity contribution in [3.8, 4) is 22.4 Å². The van der Waals surface area contributed by atoms with Gasteiger partial charge in [0.1, 0.15) is 0 Å². The number of fused-ring (bicyclic) bond motifs is 9. The van der Waals surface area contributed by atoms with Gasteiger partial charge in [0.2, 0.25) is 7.41 Å². The molecule has 5 aromatic rings. The van der Waals surface area contributed by atoms with E-state index in [1.165, 1.54) is 85.5 Å². The number of aryl methyl sites for hydroxylation is 2. The fraction of sp³-hybridized carbons (Fsp3) is 0.171. The number of rotatable bonds is 2. The first-order valence-electron chi connectivity index (χ1n) is 16.1. The van der Waals surface area contributed by atoms with Crippen molar-refractivity contribution in [2.75, 3.05) is 0 Å². The summed E-state index contributed by atoms with van der Waals surface area (Å²) >= 11 is 0. The van der Waals surface area contributed by atoms with Gasteiger partial charge in [0.05, 0.1) is 0 Å². The second-order valence-corrected chi connectivity index (χ2v) is 12.5. The third-order valence-electron chi connectivity index (χ3n) is 10.2. The van der Waals surface area contributed by atoms with Crippen molar-refractivity contribution in [2.45, 2.75) is 44.8 Å². The van der Waals surface area contributed by atoms with E-state index in [2.05, 4.69) is 120 Å². The van der Waals surface area contributed by atoms with Crippen molar-refractivity contribution < 1.29 is 0 Å². The molecule has 206 valence electrons. The first-order valence-corrected chi connectivity index (χ1v) is 16.1. The summed E-state index contributed by atoms with van der Waals surface area (Å²) in [5.74, 6) is 0. The fourth-order valence-electron chi connectivity index (χ4n) is 8.46. The topological polar surface area (TPSA) is 4.93 Å². The summed E-state index contributed by atoms with van der Waals surface area (Å²) in [5.41, 5.74) is 21.9. The predicted molar refractivity (Wildman–Crippen MR) is 182 cm³/mol. The lowest BCUT2D eigenvalue weighted by atomic mass is 9.79. The standard InChI is InChI=1S/C41H34BN/c1-3-15-29(16-4-1)38-33-23-11-19-27-13-7-9-21-31(27)40(33)36-26-42-43-37(25-35(36)38)39(30-17-5-2-6-18-30)34-24-12-20-28-14-8-10-22-32(28)41(34)43/h1-10,13-18,21-22,25,42H,11-12,19-20,23-24,26H2. The molecule has 0 bridgehead atoms. The Kier molecular flexibility index (Phi) is 5.82. The van der Waals surface area contributed by atoms with Crippen LogP contribution >= 0.6 is 0 Å². The molecule has 0 saturated carbocycles. The molecule has 1 aliphatic heterocycles. The number of allylic oxidation sites excluding steroid dienone is 5. The zero-order chi connectivity index (χ0) is 28.3. The average molecular weight is 552 g/mol. The highest BCUT2D eigenvalue weighted by atomic mass is 14.9. The Morgan fingerprint density at radius 2 is 1.16 bits per heavy atom. The van der Waals surface area contributed by atoms with Crippen LogP contribution in [0.1, 0.15) is 52.8 Å². The summed E-state index contributed by atoms with van der Waals surface area (Å²) in [4.78, 5) is 0. The van der Waals surface area contributed by atoms with Crippen molar-refractivity contribution in [1.29, 1.82) is 0 Å². The van der Waals surface area contributed by atoms with Gasteiger partial charge in [-0.25, -0.2) is 0 Å². The molecule has 43 heavy (non-hydrogen) atoms. The highest BCUT2D eigenvalue weighted by molar-refractivity contribution is 6.39. The summed E-state index contributed by atoms with van der Waals surface area (Å²) in [5, 5.41) is 0. The molecule has 4 aliphatic rings. The van der Waals surface area contributed by atoms with Gasteiger partial charge in [-0.05, 0) is 112 Å². The maximum atomic E-state index is 2.70. The van der Waals surface area contributed by atoms with Gasteiger partial charge in [0.15, 0.2) is 0 Å². The molecule has 0 atom stereocenters. The predicted octanol–water partition coefficient (Wildman–Crippen LogP) is 9.58. The lowest BCUT2D eigenvalue weighted by Crippen LogP contribution is -2.10. The number of aromatic nitrogens is 1. The first-order chi connectivity index (χ1) is 21.4. The van der Waals surface area contributed by atoms with Crippen LogP contribution < -0.4 is 0 Å². The smallest absolute Gasteiger partial charge is 0.246 e. The molecular formula is C41H34BN. The molecule has 2 heteroatoms. The van der Waals surface area contributed by atoms with Crippen LogP contribution in [0.15, 0.2) is 126 Å². The van der Waals surface area contributed by atoms with E-state index in [1.54, 1.807) is 11.1 Å². The van der Waals surface area contributed by atoms with E-state index in [9.17, 15) is 0 Å². The van der Waals surface area contributed by atoms with Crippen molar-refractivity contribution in [1.82, 2.24) is 4.48 Å². The fourth-order valence-corrected chi connectivity index (χ4v) is 8.46. The van der Waals surface area contributed by atoms with Crippen LogP contribution in [-0.2, 0) is 19.3 Å². The molecule has 4 aromatic carbocycles. The van der Waals surface area contributed by atoms with Crippen molar-refractivity contribution >= 4 is 24.6 Å². The monoisotopic (exact) mass is 551 g/mol. The van der Waals surface area contributed by atoms with Crippen LogP contribution in [0.2, 0.25) is 6.32 Å². The van der Waals surface area contributed by atoms with Crippen LogP contribution in [0.25, 0.3) is 39.6 Å². The highest BCUT2D eigenvalue weighted by Crippen LogP contribution is 2.54. The molecule has 2 heterocycles. The van der Waals surface area contributed by atoms with Crippen LogP contribution in [-0.4, -0.2) is 11.9 Å². The van der Waals surface area contributed by atoms with Crippen LogP contribution in [0.5, 0.6) is 0 Å². The quantitative estimate of drug-likeness (QED) is 0.193. The third kappa shape index (κ3) is 3.86. The summed E-state index contributed by atoms with van der Waals surface area (Å²) in [7, 11) is 0.995. The molecule has 0 radical (unpaired) electrons. The molecule has 0 amide bonds. The molecular weight excluding hydrogens is 517 g/mol. The molecule has 1 aromatic heterocycles. The van der Waals surface area contributed by atoms with Crippen molar-refractivity contribution in [3.63, 3.8) is 0 Å². The highest BCUT2D eigenvalue weighted by Gasteiger charge is 2.36. The molecule has 1 nitrogen and oxygen atoms in total. The van der Waals surface area contributed by atoms with Gasteiger partial charge in [-0.15, -0.1) is 0 Å². The largest absolute Gasteiger partial charge is 0.388 e. The zero-order valence-electron chi connectivity index (χ0n) is 24.6. The Morgan fingerprint density at radius 1 is 0.535 bits per heavy atom. The maximum Gasteiger partial charge on any atom is 0.246 e. The number of hydrogen-bond acceptors (Lipinski definition) is 0. The molecule has 0 saturated heterocycles. The van der Waals surface area contributed by atoms with Crippen molar-refractivity contribution in [2.24, 2.45) is 0 Å². The van der Waals surface area contributed by atoms with Gasteiger partial charge in [-0.3, -0.25) is 0 Å². The average Bonchev–Trinajstić information content (AvgIpc) is 3.23. The summed E-state index contributed by atoms with van der Waals surface area (Å²) in [6.45, 7) is 0. The van der Waals surface area contributed by atoms with Gasteiger partial charge in [0, 0.05) is 22.5 Å². The van der Waals surface area contributed by atoms with Gasteiger partial charge in [-0.2, -0.15) is 0 Å². The SMILES string of the molecule is B1CC2=C3C(=C(c4ccccc4)C2=Cc2c(-c4ccccc4)c4c(n21)-c1ccccc1CCC4)CCCc1ccccc13. The summed E-state index contributed by atoms with van der Waals surface area (Å²) in [6, 6.07) is 40.8. The molecule has 0 spiro atoms. The van der Waals surface area contributed by atoms with Gasteiger partial charge in [-0.1, -0.05) is 109 Å². The minimum atomic E-state index is 0.995. The first kappa shape index (κ1) is 25.0.